The number of aromatic nitrogens is 4. The van der Waals surface area contributed by atoms with Crippen molar-refractivity contribution in [1.82, 2.24) is 19.7 Å². The molecule has 30 heavy (non-hydrogen) atoms. The molecule has 0 amide bonds. The number of nitrogens with one attached hydrogen (secondary N) is 2. The second kappa shape index (κ2) is 8.25. The Hall–Kier alpha value is -3.24. The fourth-order valence-electron chi connectivity index (χ4n) is 2.52. The normalized spacial score (nSPS) is 11.0. The fourth-order valence-corrected chi connectivity index (χ4v) is 3.08. The fraction of sp³-hybridized carbons (Fsp3) is 0.222. The number of hydrogen-bond donors (Lipinski definition) is 3. The molecule has 0 bridgehead atoms. The average Bonchev–Trinajstić information content (AvgIpc) is 2.68. The third-order valence-corrected chi connectivity index (χ3v) is 4.87. The zero-order chi connectivity index (χ0) is 22.2. The molecule has 0 saturated heterocycles. The van der Waals surface area contributed by atoms with Gasteiger partial charge < -0.3 is 20.4 Å². The van der Waals surface area contributed by atoms with Crippen LogP contribution in [0.2, 0.25) is 10.0 Å². The van der Waals surface area contributed by atoms with Crippen molar-refractivity contribution in [3.63, 3.8) is 0 Å². The van der Waals surface area contributed by atoms with Crippen molar-refractivity contribution < 1.29 is 4.74 Å². The molecule has 2 heterocycles. The molecule has 0 spiro atoms. The van der Waals surface area contributed by atoms with Crippen LogP contribution < -0.4 is 32.2 Å². The van der Waals surface area contributed by atoms with Gasteiger partial charge in [0, 0.05) is 25.4 Å². The van der Waals surface area contributed by atoms with E-state index in [1.807, 2.05) is 18.8 Å². The van der Waals surface area contributed by atoms with Crippen molar-refractivity contribution in [2.24, 2.45) is 0 Å². The topological polar surface area (TPSA) is 139 Å². The SMILES string of the molecule is CC(C)N(C)c1cc(Oc2c(Cl)cc(-n3nc(N)c(=O)[nH]c3=O)cc2Cl)c[nH]c1=O. The predicted molar refractivity (Wildman–Crippen MR) is 116 cm³/mol. The highest BCUT2D eigenvalue weighted by molar-refractivity contribution is 6.37. The van der Waals surface area contributed by atoms with Gasteiger partial charge in [-0.15, -0.1) is 5.10 Å². The van der Waals surface area contributed by atoms with Gasteiger partial charge in [0.2, 0.25) is 5.82 Å². The van der Waals surface area contributed by atoms with Crippen LogP contribution in [0, 0.1) is 0 Å². The van der Waals surface area contributed by atoms with Crippen molar-refractivity contribution in [2.45, 2.75) is 19.9 Å². The third-order valence-electron chi connectivity index (χ3n) is 4.31. The number of nitrogens with zero attached hydrogens (tertiary/aromatic N) is 3. The number of hydrogen-bond acceptors (Lipinski definition) is 7. The van der Waals surface area contributed by atoms with Crippen LogP contribution in [0.25, 0.3) is 5.69 Å². The number of ether oxygens (including phenoxy) is 1. The zero-order valence-electron chi connectivity index (χ0n) is 16.2. The molecular formula is C18H18Cl2N6O4. The van der Waals surface area contributed by atoms with E-state index in [0.717, 1.165) is 4.68 Å². The Morgan fingerprint density at radius 3 is 2.37 bits per heavy atom. The first-order valence-electron chi connectivity index (χ1n) is 8.70. The first-order valence-corrected chi connectivity index (χ1v) is 9.46. The smallest absolute Gasteiger partial charge is 0.349 e. The first kappa shape index (κ1) is 21.5. The maximum absolute atomic E-state index is 12.1. The number of nitrogen functional groups attached to an aromatic ring is 1. The maximum atomic E-state index is 12.1. The van der Waals surface area contributed by atoms with E-state index in [1.165, 1.54) is 18.3 Å². The van der Waals surface area contributed by atoms with Crippen LogP contribution in [0.1, 0.15) is 13.8 Å². The van der Waals surface area contributed by atoms with Crippen LogP contribution in [0.15, 0.2) is 38.8 Å². The number of halogens is 2. The van der Waals surface area contributed by atoms with Crippen molar-refractivity contribution >= 4 is 34.7 Å². The van der Waals surface area contributed by atoms with Gasteiger partial charge in [-0.25, -0.2) is 4.79 Å². The molecule has 0 saturated carbocycles. The Morgan fingerprint density at radius 2 is 1.77 bits per heavy atom. The van der Waals surface area contributed by atoms with Gasteiger partial charge in [0.25, 0.3) is 11.1 Å². The van der Waals surface area contributed by atoms with Gasteiger partial charge in [-0.3, -0.25) is 14.6 Å². The van der Waals surface area contributed by atoms with Crippen LogP contribution in [0.3, 0.4) is 0 Å². The molecule has 3 aromatic rings. The Balaban J connectivity index is 2.01. The Labute approximate surface area is 179 Å². The van der Waals surface area contributed by atoms with Crippen LogP contribution in [0.5, 0.6) is 11.5 Å². The molecule has 0 atom stereocenters. The Morgan fingerprint density at radius 1 is 1.13 bits per heavy atom. The summed E-state index contributed by atoms with van der Waals surface area (Å²) in [7, 11) is 1.79. The molecule has 0 fully saturated rings. The summed E-state index contributed by atoms with van der Waals surface area (Å²) >= 11 is 12.6. The molecule has 0 aliphatic rings. The number of aromatic amines is 2. The lowest BCUT2D eigenvalue weighted by Crippen LogP contribution is -2.33. The number of H-pyrrole nitrogens is 2. The number of nitrogens with two attached hydrogens (primary N) is 1. The van der Waals surface area contributed by atoms with E-state index in [0.29, 0.717) is 11.4 Å². The van der Waals surface area contributed by atoms with Gasteiger partial charge in [-0.2, -0.15) is 4.68 Å². The lowest BCUT2D eigenvalue weighted by Gasteiger charge is -2.23. The summed E-state index contributed by atoms with van der Waals surface area (Å²) in [5, 5.41) is 3.87. The molecule has 0 aliphatic carbocycles. The summed E-state index contributed by atoms with van der Waals surface area (Å²) in [6.45, 7) is 3.89. The molecule has 0 unspecified atom stereocenters. The molecule has 0 aliphatic heterocycles. The van der Waals surface area contributed by atoms with E-state index in [9.17, 15) is 14.4 Å². The van der Waals surface area contributed by atoms with E-state index in [1.54, 1.807) is 18.0 Å². The number of benzene rings is 1. The number of anilines is 2. The Kier molecular flexibility index (Phi) is 5.90. The van der Waals surface area contributed by atoms with Crippen molar-refractivity contribution in [2.75, 3.05) is 17.7 Å². The molecule has 0 radical (unpaired) electrons. The highest BCUT2D eigenvalue weighted by Crippen LogP contribution is 2.38. The third kappa shape index (κ3) is 4.19. The van der Waals surface area contributed by atoms with E-state index in [4.69, 9.17) is 33.7 Å². The number of rotatable bonds is 5. The van der Waals surface area contributed by atoms with Crippen LogP contribution in [0.4, 0.5) is 11.5 Å². The van der Waals surface area contributed by atoms with Gasteiger partial charge >= 0.3 is 5.69 Å². The highest BCUT2D eigenvalue weighted by Gasteiger charge is 2.16. The summed E-state index contributed by atoms with van der Waals surface area (Å²) in [6, 6.07) is 4.40. The lowest BCUT2D eigenvalue weighted by molar-refractivity contribution is 0.480. The molecule has 12 heteroatoms. The summed E-state index contributed by atoms with van der Waals surface area (Å²) < 4.78 is 6.63. The van der Waals surface area contributed by atoms with Gasteiger partial charge in [0.15, 0.2) is 5.75 Å². The quantitative estimate of drug-likeness (QED) is 0.538. The molecule has 4 N–H and O–H groups in total. The molecular weight excluding hydrogens is 435 g/mol. The Bertz CT molecular complexity index is 1260. The van der Waals surface area contributed by atoms with Gasteiger partial charge in [0.1, 0.15) is 11.4 Å². The standard InChI is InChI=1S/C18H18Cl2N6O4/c1-8(2)25(3)13-6-10(7-22-16(13)27)30-14-11(19)4-9(5-12(14)20)26-18(29)23-17(28)15(21)24-26/h4-8H,1-3H3,(H2,21,24)(H,22,27)(H,23,28,29). The van der Waals surface area contributed by atoms with Crippen molar-refractivity contribution in [3.05, 3.63) is 65.6 Å². The summed E-state index contributed by atoms with van der Waals surface area (Å²) in [6.07, 6.45) is 1.38. The predicted octanol–water partition coefficient (Wildman–Crippen LogP) is 2.13. The van der Waals surface area contributed by atoms with Crippen LogP contribution in [-0.4, -0.2) is 32.8 Å². The second-order valence-corrected chi connectivity index (χ2v) is 7.47. The lowest BCUT2D eigenvalue weighted by atomic mass is 10.2. The van der Waals surface area contributed by atoms with E-state index in [-0.39, 0.29) is 33.1 Å². The largest absolute Gasteiger partial charge is 0.453 e. The molecule has 3 rings (SSSR count). The first-order chi connectivity index (χ1) is 14.1. The van der Waals surface area contributed by atoms with Crippen molar-refractivity contribution in [1.29, 1.82) is 0 Å². The van der Waals surface area contributed by atoms with Crippen molar-refractivity contribution in [3.8, 4) is 17.2 Å². The highest BCUT2D eigenvalue weighted by atomic mass is 35.5. The van der Waals surface area contributed by atoms with E-state index >= 15 is 0 Å². The minimum absolute atomic E-state index is 0.0703. The summed E-state index contributed by atoms with van der Waals surface area (Å²) in [5.74, 6) is 0.0205. The molecule has 158 valence electrons. The van der Waals surface area contributed by atoms with E-state index < -0.39 is 17.1 Å². The zero-order valence-corrected chi connectivity index (χ0v) is 17.7. The molecule has 1 aromatic carbocycles. The average molecular weight is 453 g/mol. The van der Waals surface area contributed by atoms with Gasteiger partial charge in [-0.1, -0.05) is 23.2 Å². The second-order valence-electron chi connectivity index (χ2n) is 6.65. The van der Waals surface area contributed by atoms with Crippen LogP contribution >= 0.6 is 23.2 Å². The minimum atomic E-state index is -0.808. The van der Waals surface area contributed by atoms with Gasteiger partial charge in [-0.05, 0) is 26.0 Å². The van der Waals surface area contributed by atoms with Gasteiger partial charge in [0.05, 0.1) is 15.7 Å². The van der Waals surface area contributed by atoms with E-state index in [2.05, 4.69) is 10.1 Å². The molecule has 2 aromatic heterocycles. The maximum Gasteiger partial charge on any atom is 0.349 e. The minimum Gasteiger partial charge on any atom is -0.453 e. The summed E-state index contributed by atoms with van der Waals surface area (Å²) in [5.41, 5.74) is 4.17. The number of pyridine rings is 1. The summed E-state index contributed by atoms with van der Waals surface area (Å²) in [4.78, 5) is 42.0. The molecule has 10 nitrogen and oxygen atoms in total. The van der Waals surface area contributed by atoms with Crippen LogP contribution in [-0.2, 0) is 0 Å². The monoisotopic (exact) mass is 452 g/mol.